The monoisotopic (exact) mass is 482 g/mol. The van der Waals surface area contributed by atoms with Crippen LogP contribution in [0.3, 0.4) is 0 Å². The van der Waals surface area contributed by atoms with Gasteiger partial charge in [-0.15, -0.1) is 0 Å². The van der Waals surface area contributed by atoms with Crippen LogP contribution >= 0.6 is 11.6 Å². The van der Waals surface area contributed by atoms with Gasteiger partial charge in [-0.2, -0.15) is 0 Å². The van der Waals surface area contributed by atoms with Crippen molar-refractivity contribution in [1.82, 2.24) is 0 Å². The van der Waals surface area contributed by atoms with Crippen LogP contribution in [0.4, 0.5) is 0 Å². The third-order valence-electron chi connectivity index (χ3n) is 5.54. The van der Waals surface area contributed by atoms with E-state index in [1.54, 1.807) is 25.3 Å². The Bertz CT molecular complexity index is 860. The largest absolute Gasteiger partial charge is 0.491 e. The molecule has 4 N–H and O–H groups in total. The van der Waals surface area contributed by atoms with Gasteiger partial charge in [-0.05, 0) is 41.3 Å². The Balaban J connectivity index is 1.63. The fourth-order valence-corrected chi connectivity index (χ4v) is 3.85. The lowest BCUT2D eigenvalue weighted by Crippen LogP contribution is -2.55. The normalized spacial score (nSPS) is 25.2. The second-order valence-electron chi connectivity index (χ2n) is 7.87. The van der Waals surface area contributed by atoms with Crippen LogP contribution in [0.1, 0.15) is 22.8 Å². The molecule has 0 bridgehead atoms. The van der Waals surface area contributed by atoms with Gasteiger partial charge in [-0.3, -0.25) is 0 Å². The molecule has 1 fully saturated rings. The van der Waals surface area contributed by atoms with E-state index >= 15 is 0 Å². The first-order valence-electron chi connectivity index (χ1n) is 10.8. The number of aliphatic hydroxyl groups is 4. The Morgan fingerprint density at radius 2 is 1.64 bits per heavy atom. The third kappa shape index (κ3) is 6.88. The quantitative estimate of drug-likeness (QED) is 0.356. The summed E-state index contributed by atoms with van der Waals surface area (Å²) in [4.78, 5) is 0. The van der Waals surface area contributed by atoms with Crippen LogP contribution in [0.5, 0.6) is 5.75 Å². The van der Waals surface area contributed by atoms with Crippen LogP contribution in [0.25, 0.3) is 0 Å². The molecule has 2 aromatic rings. The minimum Gasteiger partial charge on any atom is -0.491 e. The predicted molar refractivity (Wildman–Crippen MR) is 122 cm³/mol. The van der Waals surface area contributed by atoms with Crippen molar-refractivity contribution in [2.75, 3.05) is 40.1 Å². The van der Waals surface area contributed by atoms with Crippen LogP contribution in [-0.2, 0) is 20.6 Å². The van der Waals surface area contributed by atoms with Crippen molar-refractivity contribution < 1.29 is 39.4 Å². The van der Waals surface area contributed by atoms with Crippen molar-refractivity contribution >= 4 is 11.6 Å². The van der Waals surface area contributed by atoms with Crippen molar-refractivity contribution in [3.63, 3.8) is 0 Å². The second kappa shape index (κ2) is 12.6. The van der Waals surface area contributed by atoms with E-state index in [4.69, 9.17) is 30.5 Å². The molecule has 0 saturated carbocycles. The fourth-order valence-electron chi connectivity index (χ4n) is 3.67. The summed E-state index contributed by atoms with van der Waals surface area (Å²) in [5, 5.41) is 40.5. The Labute approximate surface area is 198 Å². The van der Waals surface area contributed by atoms with Crippen LogP contribution < -0.4 is 4.74 Å². The van der Waals surface area contributed by atoms with Crippen LogP contribution in [0, 0.1) is 0 Å². The summed E-state index contributed by atoms with van der Waals surface area (Å²) in [5.74, 6) is 0.732. The first kappa shape index (κ1) is 25.9. The molecule has 5 atom stereocenters. The van der Waals surface area contributed by atoms with E-state index in [1.807, 2.05) is 24.3 Å². The minimum absolute atomic E-state index is 0.441. The molecular formula is C24H31ClO8. The van der Waals surface area contributed by atoms with Gasteiger partial charge in [-0.1, -0.05) is 35.9 Å². The van der Waals surface area contributed by atoms with Gasteiger partial charge in [0.25, 0.3) is 0 Å². The van der Waals surface area contributed by atoms with E-state index in [-0.39, 0.29) is 0 Å². The second-order valence-corrected chi connectivity index (χ2v) is 8.28. The van der Waals surface area contributed by atoms with Crippen molar-refractivity contribution in [1.29, 1.82) is 0 Å². The Kier molecular flexibility index (Phi) is 9.91. The molecule has 1 aliphatic heterocycles. The maximum atomic E-state index is 10.4. The zero-order valence-corrected chi connectivity index (χ0v) is 19.2. The molecule has 8 nitrogen and oxygen atoms in total. The van der Waals surface area contributed by atoms with E-state index in [0.717, 1.165) is 16.9 Å². The van der Waals surface area contributed by atoms with E-state index in [2.05, 4.69) is 0 Å². The molecule has 1 saturated heterocycles. The zero-order valence-electron chi connectivity index (χ0n) is 18.5. The first-order chi connectivity index (χ1) is 15.9. The summed E-state index contributed by atoms with van der Waals surface area (Å²) in [7, 11) is 1.63. The molecule has 0 amide bonds. The van der Waals surface area contributed by atoms with Gasteiger partial charge in [0, 0.05) is 12.1 Å². The summed E-state index contributed by atoms with van der Waals surface area (Å²) in [6, 6.07) is 12.8. The highest BCUT2D eigenvalue weighted by Crippen LogP contribution is 2.34. The number of methoxy groups -OCH3 is 1. The topological polar surface area (TPSA) is 118 Å². The van der Waals surface area contributed by atoms with Gasteiger partial charge >= 0.3 is 0 Å². The van der Waals surface area contributed by atoms with Crippen LogP contribution in [0.2, 0.25) is 5.02 Å². The summed E-state index contributed by atoms with van der Waals surface area (Å²) < 4.78 is 21.6. The summed E-state index contributed by atoms with van der Waals surface area (Å²) in [6.07, 6.45) is -5.51. The standard InChI is InChI=1S/C24H31ClO8/c1-30-8-9-31-10-11-32-18-5-2-15(3-6-18)12-17-13-16(4-7-19(17)25)24-23(29)22(28)21(27)20(14-26)33-24/h2-7,13,20-24,26-29H,8-12,14H2,1H3/t20?,21-,22?,23-,24-/m1/s1. The highest BCUT2D eigenvalue weighted by atomic mass is 35.5. The van der Waals surface area contributed by atoms with Crippen molar-refractivity contribution in [2.45, 2.75) is 36.9 Å². The summed E-state index contributed by atoms with van der Waals surface area (Å²) >= 11 is 6.40. The molecular weight excluding hydrogens is 452 g/mol. The van der Waals surface area contributed by atoms with Gasteiger partial charge in [0.2, 0.25) is 0 Å². The number of rotatable bonds is 11. The molecule has 0 aliphatic carbocycles. The van der Waals surface area contributed by atoms with Crippen molar-refractivity contribution in [2.24, 2.45) is 0 Å². The Morgan fingerprint density at radius 1 is 0.909 bits per heavy atom. The molecule has 1 heterocycles. The average Bonchev–Trinajstić information content (AvgIpc) is 2.82. The molecule has 9 heteroatoms. The number of benzene rings is 2. The number of halogens is 1. The molecule has 33 heavy (non-hydrogen) atoms. The smallest absolute Gasteiger partial charge is 0.119 e. The predicted octanol–water partition coefficient (Wildman–Crippen LogP) is 1.49. The van der Waals surface area contributed by atoms with Gasteiger partial charge in [-0.25, -0.2) is 0 Å². The fraction of sp³-hybridized carbons (Fsp3) is 0.500. The van der Waals surface area contributed by atoms with Crippen LogP contribution in [0.15, 0.2) is 42.5 Å². The maximum Gasteiger partial charge on any atom is 0.119 e. The summed E-state index contributed by atoms with van der Waals surface area (Å²) in [5.41, 5.74) is 2.41. The molecule has 182 valence electrons. The third-order valence-corrected chi connectivity index (χ3v) is 5.91. The van der Waals surface area contributed by atoms with E-state index < -0.39 is 37.1 Å². The van der Waals surface area contributed by atoms with Gasteiger partial charge in [0.1, 0.15) is 42.9 Å². The molecule has 0 radical (unpaired) electrons. The van der Waals surface area contributed by atoms with Gasteiger partial charge < -0.3 is 39.4 Å². The number of hydrogen-bond acceptors (Lipinski definition) is 8. The molecule has 2 unspecified atom stereocenters. The molecule has 0 spiro atoms. The number of ether oxygens (including phenoxy) is 4. The maximum absolute atomic E-state index is 10.4. The molecule has 2 aromatic carbocycles. The molecule has 1 aliphatic rings. The lowest BCUT2D eigenvalue weighted by molar-refractivity contribution is -0.231. The number of hydrogen-bond donors (Lipinski definition) is 4. The van der Waals surface area contributed by atoms with E-state index in [0.29, 0.717) is 43.4 Å². The number of aliphatic hydroxyl groups excluding tert-OH is 4. The van der Waals surface area contributed by atoms with Crippen LogP contribution in [-0.4, -0.2) is 85.0 Å². The zero-order chi connectivity index (χ0) is 23.8. The highest BCUT2D eigenvalue weighted by molar-refractivity contribution is 6.31. The Morgan fingerprint density at radius 3 is 2.33 bits per heavy atom. The van der Waals surface area contributed by atoms with Gasteiger partial charge in [0.15, 0.2) is 0 Å². The SMILES string of the molecule is COCCOCCOc1ccc(Cc2cc([C@H]3OC(CO)[C@@H](O)C(O)[C@H]3O)ccc2Cl)cc1. The molecule has 3 rings (SSSR count). The van der Waals surface area contributed by atoms with Gasteiger partial charge in [0.05, 0.1) is 26.4 Å². The lowest BCUT2D eigenvalue weighted by Gasteiger charge is -2.40. The summed E-state index contributed by atoms with van der Waals surface area (Å²) in [6.45, 7) is 1.52. The van der Waals surface area contributed by atoms with Crippen molar-refractivity contribution in [3.8, 4) is 5.75 Å². The highest BCUT2D eigenvalue weighted by Gasteiger charge is 2.44. The Hall–Kier alpha value is -1.75. The lowest BCUT2D eigenvalue weighted by atomic mass is 9.90. The van der Waals surface area contributed by atoms with E-state index in [1.165, 1.54) is 0 Å². The minimum atomic E-state index is -1.43. The van der Waals surface area contributed by atoms with E-state index in [9.17, 15) is 20.4 Å². The average molecular weight is 483 g/mol. The first-order valence-corrected chi connectivity index (χ1v) is 11.2. The molecule has 0 aromatic heterocycles. The van der Waals surface area contributed by atoms with Crippen molar-refractivity contribution in [3.05, 3.63) is 64.2 Å².